The Balaban J connectivity index is 1.63. The van der Waals surface area contributed by atoms with E-state index in [2.05, 4.69) is 21.7 Å². The number of anilines is 2. The Morgan fingerprint density at radius 2 is 2.12 bits per heavy atom. The minimum absolute atomic E-state index is 0.0532. The standard InChI is InChI=1S/C18H23N3O2S/c1-13(12-22)20(2)18(23)19-15-3-5-16(6-4-15)21-9-7-17-14(11-21)8-10-24-17/h3-6,8,10,13,22H,7,9,11-12H2,1-2H3,(H,19,23). The van der Waals surface area contributed by atoms with Crippen molar-refractivity contribution in [3.63, 3.8) is 0 Å². The second kappa shape index (κ2) is 7.23. The maximum Gasteiger partial charge on any atom is 0.321 e. The highest BCUT2D eigenvalue weighted by atomic mass is 32.1. The van der Waals surface area contributed by atoms with Gasteiger partial charge in [0.15, 0.2) is 0 Å². The summed E-state index contributed by atoms with van der Waals surface area (Å²) in [6.45, 7) is 3.72. The van der Waals surface area contributed by atoms with Crippen LogP contribution >= 0.6 is 11.3 Å². The van der Waals surface area contributed by atoms with Crippen LogP contribution < -0.4 is 10.2 Å². The van der Waals surface area contributed by atoms with Crippen molar-refractivity contribution in [3.8, 4) is 0 Å². The minimum Gasteiger partial charge on any atom is -0.394 e. The molecule has 0 fully saturated rings. The zero-order valence-corrected chi connectivity index (χ0v) is 14.8. The summed E-state index contributed by atoms with van der Waals surface area (Å²) in [5.41, 5.74) is 3.35. The molecule has 1 aromatic carbocycles. The van der Waals surface area contributed by atoms with Crippen LogP contribution in [0.2, 0.25) is 0 Å². The van der Waals surface area contributed by atoms with E-state index in [-0.39, 0.29) is 18.7 Å². The number of likely N-dealkylation sites (N-methyl/N-ethyl adjacent to an activating group) is 1. The number of carbonyl (C=O) groups is 1. The summed E-state index contributed by atoms with van der Waals surface area (Å²) in [5, 5.41) is 14.1. The molecule has 1 unspecified atom stereocenters. The molecule has 128 valence electrons. The van der Waals surface area contributed by atoms with E-state index in [1.165, 1.54) is 21.0 Å². The first-order chi connectivity index (χ1) is 11.6. The molecule has 5 nitrogen and oxygen atoms in total. The van der Waals surface area contributed by atoms with Crippen molar-refractivity contribution < 1.29 is 9.90 Å². The highest BCUT2D eigenvalue weighted by Crippen LogP contribution is 2.28. The predicted molar refractivity (Wildman–Crippen MR) is 98.8 cm³/mol. The molecule has 2 N–H and O–H groups in total. The van der Waals surface area contributed by atoms with Crippen LogP contribution in [0.3, 0.4) is 0 Å². The molecule has 0 spiro atoms. The molecule has 1 aliphatic heterocycles. The van der Waals surface area contributed by atoms with E-state index in [0.29, 0.717) is 0 Å². The molecule has 2 aromatic rings. The van der Waals surface area contributed by atoms with Crippen molar-refractivity contribution in [2.75, 3.05) is 30.4 Å². The highest BCUT2D eigenvalue weighted by molar-refractivity contribution is 7.10. The van der Waals surface area contributed by atoms with Gasteiger partial charge in [-0.15, -0.1) is 11.3 Å². The van der Waals surface area contributed by atoms with Crippen LogP contribution in [0.5, 0.6) is 0 Å². The van der Waals surface area contributed by atoms with Gasteiger partial charge in [0.25, 0.3) is 0 Å². The molecule has 6 heteroatoms. The molecular formula is C18H23N3O2S. The minimum atomic E-state index is -0.217. The summed E-state index contributed by atoms with van der Waals surface area (Å²) in [6.07, 6.45) is 1.09. The lowest BCUT2D eigenvalue weighted by atomic mass is 10.1. The van der Waals surface area contributed by atoms with Crippen LogP contribution in [0.25, 0.3) is 0 Å². The van der Waals surface area contributed by atoms with Crippen molar-refractivity contribution in [2.45, 2.75) is 25.9 Å². The lowest BCUT2D eigenvalue weighted by molar-refractivity contribution is 0.166. The molecule has 0 saturated carbocycles. The van der Waals surface area contributed by atoms with Gasteiger partial charge in [0.2, 0.25) is 0 Å². The molecule has 2 heterocycles. The third kappa shape index (κ3) is 3.55. The number of urea groups is 1. The highest BCUT2D eigenvalue weighted by Gasteiger charge is 2.18. The first-order valence-corrected chi connectivity index (χ1v) is 9.01. The van der Waals surface area contributed by atoms with Crippen molar-refractivity contribution in [1.82, 2.24) is 4.90 Å². The van der Waals surface area contributed by atoms with Gasteiger partial charge in [-0.2, -0.15) is 0 Å². The van der Waals surface area contributed by atoms with Crippen molar-refractivity contribution >= 4 is 28.7 Å². The normalized spacial score (nSPS) is 14.9. The molecule has 1 aliphatic rings. The Bertz CT molecular complexity index is 699. The maximum absolute atomic E-state index is 12.1. The van der Waals surface area contributed by atoms with Gasteiger partial charge < -0.3 is 20.2 Å². The Morgan fingerprint density at radius 3 is 2.83 bits per heavy atom. The average molecular weight is 345 g/mol. The van der Waals surface area contributed by atoms with Crippen LogP contribution in [0.4, 0.5) is 16.2 Å². The number of fused-ring (bicyclic) bond motifs is 1. The van der Waals surface area contributed by atoms with Crippen LogP contribution in [-0.2, 0) is 13.0 Å². The van der Waals surface area contributed by atoms with Gasteiger partial charge in [0.05, 0.1) is 12.6 Å². The van der Waals surface area contributed by atoms with Gasteiger partial charge in [-0.05, 0) is 54.6 Å². The fourth-order valence-corrected chi connectivity index (χ4v) is 3.65. The van der Waals surface area contributed by atoms with E-state index in [4.69, 9.17) is 5.11 Å². The zero-order valence-electron chi connectivity index (χ0n) is 14.0. The van der Waals surface area contributed by atoms with Crippen LogP contribution in [0.15, 0.2) is 35.7 Å². The second-order valence-electron chi connectivity index (χ2n) is 6.16. The molecule has 24 heavy (non-hydrogen) atoms. The fourth-order valence-electron chi connectivity index (χ4n) is 2.76. The fraction of sp³-hybridized carbons (Fsp3) is 0.389. The summed E-state index contributed by atoms with van der Waals surface area (Å²) in [5.74, 6) is 0. The van der Waals surface area contributed by atoms with E-state index in [0.717, 1.165) is 25.2 Å². The van der Waals surface area contributed by atoms with Crippen LogP contribution in [0.1, 0.15) is 17.4 Å². The Hall–Kier alpha value is -2.05. The third-order valence-electron chi connectivity index (χ3n) is 4.54. The number of hydrogen-bond acceptors (Lipinski definition) is 4. The summed E-state index contributed by atoms with van der Waals surface area (Å²) in [7, 11) is 1.68. The second-order valence-corrected chi connectivity index (χ2v) is 7.16. The quantitative estimate of drug-likeness (QED) is 0.895. The van der Waals surface area contributed by atoms with Gasteiger partial charge in [0.1, 0.15) is 0 Å². The number of benzene rings is 1. The van der Waals surface area contributed by atoms with E-state index in [9.17, 15) is 4.79 Å². The molecule has 0 saturated heterocycles. The van der Waals surface area contributed by atoms with E-state index < -0.39 is 0 Å². The number of hydrogen-bond donors (Lipinski definition) is 2. The van der Waals surface area contributed by atoms with Gasteiger partial charge >= 0.3 is 6.03 Å². The average Bonchev–Trinajstić information content (AvgIpc) is 3.08. The molecule has 1 atom stereocenters. The molecular weight excluding hydrogens is 322 g/mol. The first-order valence-electron chi connectivity index (χ1n) is 8.13. The van der Waals surface area contributed by atoms with Crippen LogP contribution in [-0.4, -0.2) is 42.3 Å². The number of amides is 2. The van der Waals surface area contributed by atoms with Crippen molar-refractivity contribution in [1.29, 1.82) is 0 Å². The number of rotatable bonds is 4. The smallest absolute Gasteiger partial charge is 0.321 e. The van der Waals surface area contributed by atoms with Gasteiger partial charge in [-0.1, -0.05) is 0 Å². The molecule has 0 radical (unpaired) electrons. The number of nitrogens with zero attached hydrogens (tertiary/aromatic N) is 2. The molecule has 2 amide bonds. The Labute approximate surface area is 146 Å². The van der Waals surface area contributed by atoms with Crippen LogP contribution in [0, 0.1) is 0 Å². The summed E-state index contributed by atoms with van der Waals surface area (Å²) in [4.78, 5) is 17.5. The molecule has 0 bridgehead atoms. The van der Waals surface area contributed by atoms with E-state index in [1.54, 1.807) is 14.0 Å². The largest absolute Gasteiger partial charge is 0.394 e. The van der Waals surface area contributed by atoms with E-state index >= 15 is 0 Å². The summed E-state index contributed by atoms with van der Waals surface area (Å²) in [6, 6.07) is 9.72. The van der Waals surface area contributed by atoms with Gasteiger partial charge in [-0.3, -0.25) is 0 Å². The topological polar surface area (TPSA) is 55.8 Å². The van der Waals surface area contributed by atoms with Crippen molar-refractivity contribution in [2.24, 2.45) is 0 Å². The Morgan fingerprint density at radius 1 is 1.38 bits per heavy atom. The lowest BCUT2D eigenvalue weighted by Gasteiger charge is -2.29. The van der Waals surface area contributed by atoms with Gasteiger partial charge in [-0.25, -0.2) is 4.79 Å². The number of thiophene rings is 1. The Kier molecular flexibility index (Phi) is 5.06. The maximum atomic E-state index is 12.1. The number of nitrogens with one attached hydrogen (secondary N) is 1. The molecule has 3 rings (SSSR count). The first kappa shape index (κ1) is 16.8. The SMILES string of the molecule is CC(CO)N(C)C(=O)Nc1ccc(N2CCc3sccc3C2)cc1. The monoisotopic (exact) mass is 345 g/mol. The zero-order chi connectivity index (χ0) is 17.1. The predicted octanol–water partition coefficient (Wildman–Crippen LogP) is 3.16. The number of carbonyl (C=O) groups excluding carboxylic acids is 1. The summed E-state index contributed by atoms with van der Waals surface area (Å²) < 4.78 is 0. The molecule has 1 aromatic heterocycles. The van der Waals surface area contributed by atoms with Crippen molar-refractivity contribution in [3.05, 3.63) is 46.2 Å². The number of aliphatic hydroxyl groups is 1. The summed E-state index contributed by atoms with van der Waals surface area (Å²) >= 11 is 1.84. The third-order valence-corrected chi connectivity index (χ3v) is 5.56. The van der Waals surface area contributed by atoms with Gasteiger partial charge in [0, 0.05) is 36.4 Å². The molecule has 0 aliphatic carbocycles. The number of aliphatic hydroxyl groups excluding tert-OH is 1. The van der Waals surface area contributed by atoms with E-state index in [1.807, 2.05) is 35.6 Å². The lowest BCUT2D eigenvalue weighted by Crippen LogP contribution is -2.40.